The van der Waals surface area contributed by atoms with E-state index in [1.54, 1.807) is 33.5 Å². The molecule has 1 unspecified atom stereocenters. The average molecular weight is 399 g/mol. The molecule has 1 atom stereocenters. The van der Waals surface area contributed by atoms with Gasteiger partial charge in [-0.25, -0.2) is 4.79 Å². The topological polar surface area (TPSA) is 83.1 Å². The molecule has 7 nitrogen and oxygen atoms in total. The van der Waals surface area contributed by atoms with Crippen LogP contribution in [0, 0.1) is 0 Å². The number of hydrogen-bond acceptors (Lipinski definition) is 6. The quantitative estimate of drug-likeness (QED) is 0.777. The van der Waals surface area contributed by atoms with Crippen molar-refractivity contribution in [3.8, 4) is 28.4 Å². The number of rotatable bonds is 5. The molecule has 0 saturated carbocycles. The molecule has 3 rings (SSSR count). The van der Waals surface area contributed by atoms with E-state index in [-0.39, 0.29) is 11.9 Å². The molecule has 1 N–H and O–H groups in total. The minimum atomic E-state index is -0.432. The summed E-state index contributed by atoms with van der Waals surface area (Å²) < 4.78 is 21.6. The van der Waals surface area contributed by atoms with Crippen molar-refractivity contribution in [2.75, 3.05) is 28.4 Å². The third-order valence-electron chi connectivity index (χ3n) is 5.11. The van der Waals surface area contributed by atoms with Crippen molar-refractivity contribution in [1.29, 1.82) is 0 Å². The Morgan fingerprint density at radius 1 is 1.00 bits per heavy atom. The van der Waals surface area contributed by atoms with Gasteiger partial charge in [0.05, 0.1) is 40.0 Å². The monoisotopic (exact) mass is 399 g/mol. The Morgan fingerprint density at radius 3 is 2.31 bits per heavy atom. The Bertz CT molecular complexity index is 953. The lowest BCUT2D eigenvalue weighted by Gasteiger charge is -2.21. The highest BCUT2D eigenvalue weighted by molar-refractivity contribution is 5.92. The van der Waals surface area contributed by atoms with E-state index in [1.807, 2.05) is 12.1 Å². The van der Waals surface area contributed by atoms with Crippen LogP contribution in [0.2, 0.25) is 0 Å². The van der Waals surface area contributed by atoms with Gasteiger partial charge in [-0.05, 0) is 47.7 Å². The highest BCUT2D eigenvalue weighted by Crippen LogP contribution is 2.50. The normalized spacial score (nSPS) is 14.7. The predicted octanol–water partition coefficient (Wildman–Crippen LogP) is 3.29. The van der Waals surface area contributed by atoms with Gasteiger partial charge in [-0.15, -0.1) is 0 Å². The lowest BCUT2D eigenvalue weighted by Crippen LogP contribution is -2.26. The molecule has 1 amide bonds. The molecule has 0 heterocycles. The zero-order valence-corrected chi connectivity index (χ0v) is 17.3. The summed E-state index contributed by atoms with van der Waals surface area (Å²) in [7, 11) is 6.06. The van der Waals surface area contributed by atoms with Crippen LogP contribution in [0.5, 0.6) is 17.2 Å². The van der Waals surface area contributed by atoms with Crippen LogP contribution in [0.15, 0.2) is 24.3 Å². The maximum Gasteiger partial charge on any atom is 0.337 e. The van der Waals surface area contributed by atoms with Gasteiger partial charge in [-0.1, -0.05) is 6.07 Å². The van der Waals surface area contributed by atoms with Crippen LogP contribution in [-0.4, -0.2) is 40.3 Å². The molecular weight excluding hydrogens is 374 g/mol. The Kier molecular flexibility index (Phi) is 5.96. The average Bonchev–Trinajstić information content (AvgIpc) is 2.87. The molecule has 0 aliphatic heterocycles. The lowest BCUT2D eigenvalue weighted by molar-refractivity contribution is -0.119. The molecule has 2 aromatic rings. The maximum absolute atomic E-state index is 12.1. The molecule has 154 valence electrons. The van der Waals surface area contributed by atoms with Gasteiger partial charge in [0.1, 0.15) is 0 Å². The number of nitrogens with one attached hydrogen (secondary N) is 1. The third kappa shape index (κ3) is 3.72. The number of methoxy groups -OCH3 is 4. The van der Waals surface area contributed by atoms with E-state index in [9.17, 15) is 9.59 Å². The first-order valence-corrected chi connectivity index (χ1v) is 9.26. The van der Waals surface area contributed by atoms with Crippen molar-refractivity contribution in [1.82, 2.24) is 5.32 Å². The molecule has 0 fully saturated rings. The second kappa shape index (κ2) is 8.43. The molecule has 0 radical (unpaired) electrons. The van der Waals surface area contributed by atoms with Gasteiger partial charge < -0.3 is 24.3 Å². The van der Waals surface area contributed by atoms with Gasteiger partial charge in [0, 0.05) is 12.5 Å². The van der Waals surface area contributed by atoms with Gasteiger partial charge in [-0.3, -0.25) is 4.79 Å². The molecule has 2 aromatic carbocycles. The van der Waals surface area contributed by atoms with Crippen molar-refractivity contribution >= 4 is 11.9 Å². The SMILES string of the molecule is COC(=O)c1ccc2c(c1)C(NC(C)=O)CCc1cc(OC)c(OC)c(OC)c1-2. The second-order valence-corrected chi connectivity index (χ2v) is 6.76. The summed E-state index contributed by atoms with van der Waals surface area (Å²) in [5.74, 6) is 1.05. The van der Waals surface area contributed by atoms with Crippen LogP contribution in [-0.2, 0) is 16.0 Å². The number of fused-ring (bicyclic) bond motifs is 3. The van der Waals surface area contributed by atoms with Crippen LogP contribution in [0.1, 0.15) is 40.9 Å². The smallest absolute Gasteiger partial charge is 0.337 e. The lowest BCUT2D eigenvalue weighted by atomic mass is 9.92. The number of aryl methyl sites for hydroxylation is 1. The van der Waals surface area contributed by atoms with E-state index in [0.717, 1.165) is 22.3 Å². The van der Waals surface area contributed by atoms with Gasteiger partial charge in [0.25, 0.3) is 0 Å². The van der Waals surface area contributed by atoms with E-state index in [0.29, 0.717) is 35.7 Å². The van der Waals surface area contributed by atoms with E-state index < -0.39 is 5.97 Å². The Hall–Kier alpha value is -3.22. The van der Waals surface area contributed by atoms with E-state index in [2.05, 4.69) is 5.32 Å². The highest BCUT2D eigenvalue weighted by atomic mass is 16.5. The summed E-state index contributed by atoms with van der Waals surface area (Å²) >= 11 is 0. The molecule has 1 aliphatic rings. The molecule has 0 spiro atoms. The van der Waals surface area contributed by atoms with Crippen LogP contribution >= 0.6 is 0 Å². The van der Waals surface area contributed by atoms with Gasteiger partial charge in [0.2, 0.25) is 11.7 Å². The number of hydrogen-bond donors (Lipinski definition) is 1. The second-order valence-electron chi connectivity index (χ2n) is 6.76. The summed E-state index contributed by atoms with van der Waals surface area (Å²) in [6.45, 7) is 1.48. The molecule has 0 saturated heterocycles. The maximum atomic E-state index is 12.1. The number of amides is 1. The zero-order chi connectivity index (χ0) is 21.1. The summed E-state index contributed by atoms with van der Waals surface area (Å²) in [6.07, 6.45) is 1.34. The van der Waals surface area contributed by atoms with Crippen LogP contribution < -0.4 is 19.5 Å². The van der Waals surface area contributed by atoms with Crippen molar-refractivity contribution in [3.05, 3.63) is 41.0 Å². The van der Waals surface area contributed by atoms with Crippen LogP contribution in [0.4, 0.5) is 0 Å². The summed E-state index contributed by atoms with van der Waals surface area (Å²) in [6, 6.07) is 7.01. The van der Waals surface area contributed by atoms with E-state index in [4.69, 9.17) is 18.9 Å². The molecule has 1 aliphatic carbocycles. The van der Waals surface area contributed by atoms with Crippen molar-refractivity contribution < 1.29 is 28.5 Å². The fourth-order valence-electron chi connectivity index (χ4n) is 3.87. The van der Waals surface area contributed by atoms with Crippen molar-refractivity contribution in [2.45, 2.75) is 25.8 Å². The summed E-state index contributed by atoms with van der Waals surface area (Å²) in [5.41, 5.74) is 3.99. The third-order valence-corrected chi connectivity index (χ3v) is 5.11. The number of carbonyl (C=O) groups is 2. The molecule has 0 aromatic heterocycles. The zero-order valence-electron chi connectivity index (χ0n) is 17.3. The van der Waals surface area contributed by atoms with Gasteiger partial charge in [0.15, 0.2) is 11.5 Å². The Labute approximate surface area is 169 Å². The van der Waals surface area contributed by atoms with Gasteiger partial charge in [-0.2, -0.15) is 0 Å². The minimum Gasteiger partial charge on any atom is -0.493 e. The molecule has 7 heteroatoms. The van der Waals surface area contributed by atoms with Gasteiger partial charge >= 0.3 is 5.97 Å². The first-order valence-electron chi connectivity index (χ1n) is 9.26. The highest BCUT2D eigenvalue weighted by Gasteiger charge is 2.29. The van der Waals surface area contributed by atoms with E-state index in [1.165, 1.54) is 14.0 Å². The summed E-state index contributed by atoms with van der Waals surface area (Å²) in [4.78, 5) is 23.9. The summed E-state index contributed by atoms with van der Waals surface area (Å²) in [5, 5.41) is 3.00. The van der Waals surface area contributed by atoms with Crippen molar-refractivity contribution in [3.63, 3.8) is 0 Å². The first kappa shape index (κ1) is 20.5. The molecule has 29 heavy (non-hydrogen) atoms. The number of esters is 1. The number of ether oxygens (including phenoxy) is 4. The fraction of sp³-hybridized carbons (Fsp3) is 0.364. The Balaban J connectivity index is 2.31. The Morgan fingerprint density at radius 2 is 1.72 bits per heavy atom. The standard InChI is InChI=1S/C22H25NO6/c1-12(24)23-17-9-7-13-11-18(26-2)20(27-3)21(28-4)19(13)15-8-6-14(10-16(15)17)22(25)29-5/h6,8,10-11,17H,7,9H2,1-5H3,(H,23,24). The van der Waals surface area contributed by atoms with Crippen LogP contribution in [0.25, 0.3) is 11.1 Å². The molecular formula is C22H25NO6. The van der Waals surface area contributed by atoms with Crippen molar-refractivity contribution in [2.24, 2.45) is 0 Å². The predicted molar refractivity (Wildman–Crippen MR) is 108 cm³/mol. The molecule has 0 bridgehead atoms. The van der Waals surface area contributed by atoms with E-state index >= 15 is 0 Å². The largest absolute Gasteiger partial charge is 0.493 e. The minimum absolute atomic E-state index is 0.141. The van der Waals surface area contributed by atoms with Crippen LogP contribution in [0.3, 0.4) is 0 Å². The fourth-order valence-corrected chi connectivity index (χ4v) is 3.87. The number of carbonyl (C=O) groups excluding carboxylic acids is 2. The first-order chi connectivity index (χ1) is 13.9. The number of benzene rings is 2.